The lowest BCUT2D eigenvalue weighted by Crippen LogP contribution is -2.28. The van der Waals surface area contributed by atoms with Crippen LogP contribution in [0.1, 0.15) is 51.2 Å². The normalized spacial score (nSPS) is 16.2. The Morgan fingerprint density at radius 1 is 1.30 bits per heavy atom. The summed E-state index contributed by atoms with van der Waals surface area (Å²) >= 11 is 0. The Morgan fingerprint density at radius 3 is 2.60 bits per heavy atom. The van der Waals surface area contributed by atoms with Crippen LogP contribution in [0.15, 0.2) is 18.2 Å². The van der Waals surface area contributed by atoms with Crippen LogP contribution in [-0.2, 0) is 6.54 Å². The van der Waals surface area contributed by atoms with E-state index in [1.54, 1.807) is 0 Å². The van der Waals surface area contributed by atoms with Crippen LogP contribution in [-0.4, -0.2) is 19.1 Å². The van der Waals surface area contributed by atoms with Gasteiger partial charge in [-0.05, 0) is 55.9 Å². The van der Waals surface area contributed by atoms with E-state index in [4.69, 9.17) is 0 Å². The molecule has 1 unspecified atom stereocenters. The molecule has 1 fully saturated rings. The molecule has 1 aromatic carbocycles. The summed E-state index contributed by atoms with van der Waals surface area (Å²) in [4.78, 5) is 2.50. The Morgan fingerprint density at radius 2 is 2.05 bits per heavy atom. The summed E-state index contributed by atoms with van der Waals surface area (Å²) in [6.07, 6.45) is 3.96. The smallest absolute Gasteiger partial charge is 0.0369 e. The van der Waals surface area contributed by atoms with Crippen molar-refractivity contribution in [3.8, 4) is 0 Å². The molecule has 1 saturated carbocycles. The number of nitrogens with one attached hydrogen (secondary N) is 1. The fraction of sp³-hybridized carbons (Fsp3) is 0.667. The molecule has 0 amide bonds. The number of nitrogens with zero attached hydrogens (tertiary/aromatic N) is 1. The van der Waals surface area contributed by atoms with Crippen LogP contribution in [0.4, 0.5) is 5.69 Å². The molecule has 1 atom stereocenters. The van der Waals surface area contributed by atoms with E-state index in [1.807, 2.05) is 0 Å². The number of rotatable bonds is 8. The van der Waals surface area contributed by atoms with Crippen molar-refractivity contribution in [2.75, 3.05) is 18.0 Å². The molecule has 1 aromatic rings. The van der Waals surface area contributed by atoms with E-state index in [1.165, 1.54) is 36.1 Å². The zero-order valence-electron chi connectivity index (χ0n) is 13.6. The van der Waals surface area contributed by atoms with Gasteiger partial charge in [-0.15, -0.1) is 0 Å². The van der Waals surface area contributed by atoms with Crippen LogP contribution in [0.2, 0.25) is 0 Å². The molecule has 1 N–H and O–H groups in total. The summed E-state index contributed by atoms with van der Waals surface area (Å²) in [5.41, 5.74) is 4.24. The molecular weight excluding hydrogens is 244 g/mol. The zero-order valence-corrected chi connectivity index (χ0v) is 13.6. The van der Waals surface area contributed by atoms with Gasteiger partial charge in [-0.25, -0.2) is 0 Å². The molecular formula is C18H30N2. The minimum atomic E-state index is 0.756. The lowest BCUT2D eigenvalue weighted by Gasteiger charge is -2.27. The van der Waals surface area contributed by atoms with Gasteiger partial charge in [0.05, 0.1) is 0 Å². The van der Waals surface area contributed by atoms with E-state index in [2.05, 4.69) is 56.1 Å². The number of aryl methyl sites for hydroxylation is 1. The summed E-state index contributed by atoms with van der Waals surface area (Å²) in [6.45, 7) is 12.4. The lowest BCUT2D eigenvalue weighted by atomic mass is 10.1. The maximum absolute atomic E-state index is 3.60. The van der Waals surface area contributed by atoms with Gasteiger partial charge in [0.1, 0.15) is 0 Å². The third kappa shape index (κ3) is 4.24. The highest BCUT2D eigenvalue weighted by Gasteiger charge is 2.20. The first-order valence-electron chi connectivity index (χ1n) is 8.21. The maximum atomic E-state index is 3.60. The fourth-order valence-electron chi connectivity index (χ4n) is 2.54. The first kappa shape index (κ1) is 15.4. The van der Waals surface area contributed by atoms with Crippen molar-refractivity contribution in [3.05, 3.63) is 29.3 Å². The van der Waals surface area contributed by atoms with E-state index >= 15 is 0 Å². The number of hydrogen-bond donors (Lipinski definition) is 1. The molecule has 0 bridgehead atoms. The summed E-state index contributed by atoms with van der Waals surface area (Å²) in [5.74, 6) is 0.756. The summed E-state index contributed by atoms with van der Waals surface area (Å²) in [6, 6.07) is 7.74. The second-order valence-electron chi connectivity index (χ2n) is 6.32. The molecule has 0 heterocycles. The average molecular weight is 274 g/mol. The quantitative estimate of drug-likeness (QED) is 0.767. The van der Waals surface area contributed by atoms with Crippen LogP contribution < -0.4 is 10.2 Å². The minimum absolute atomic E-state index is 0.756. The predicted octanol–water partition coefficient (Wildman–Crippen LogP) is 4.12. The predicted molar refractivity (Wildman–Crippen MR) is 88.4 cm³/mol. The van der Waals surface area contributed by atoms with Crippen molar-refractivity contribution < 1.29 is 0 Å². The minimum Gasteiger partial charge on any atom is -0.372 e. The van der Waals surface area contributed by atoms with Gasteiger partial charge < -0.3 is 10.2 Å². The van der Waals surface area contributed by atoms with Crippen LogP contribution in [0.5, 0.6) is 0 Å². The molecule has 20 heavy (non-hydrogen) atoms. The molecule has 0 spiro atoms. The summed E-state index contributed by atoms with van der Waals surface area (Å²) in [5, 5.41) is 3.60. The van der Waals surface area contributed by atoms with E-state index < -0.39 is 0 Å². The second-order valence-corrected chi connectivity index (χ2v) is 6.32. The van der Waals surface area contributed by atoms with Gasteiger partial charge in [0.15, 0.2) is 0 Å². The molecule has 0 saturated heterocycles. The van der Waals surface area contributed by atoms with Gasteiger partial charge in [-0.1, -0.05) is 26.3 Å². The second kappa shape index (κ2) is 7.12. The first-order valence-corrected chi connectivity index (χ1v) is 8.21. The standard InChI is InChI=1S/C18H30N2/c1-5-14(3)13-20(6-2)18-10-7-16(15(4)11-18)12-19-17-8-9-17/h7,10-11,14,17,19H,5-6,8-9,12-13H2,1-4H3. The number of anilines is 1. The van der Waals surface area contributed by atoms with Gasteiger partial charge in [-0.3, -0.25) is 0 Å². The average Bonchev–Trinajstić information content (AvgIpc) is 3.27. The van der Waals surface area contributed by atoms with Crippen LogP contribution in [0.3, 0.4) is 0 Å². The van der Waals surface area contributed by atoms with E-state index in [0.29, 0.717) is 0 Å². The van der Waals surface area contributed by atoms with Crippen molar-refractivity contribution in [2.45, 2.75) is 59.5 Å². The third-order valence-corrected chi connectivity index (χ3v) is 4.46. The Hall–Kier alpha value is -1.02. The number of hydrogen-bond acceptors (Lipinski definition) is 2. The molecule has 2 heteroatoms. The van der Waals surface area contributed by atoms with Crippen molar-refractivity contribution in [1.82, 2.24) is 5.32 Å². The molecule has 0 aromatic heterocycles. The molecule has 0 radical (unpaired) electrons. The van der Waals surface area contributed by atoms with Crippen LogP contribution >= 0.6 is 0 Å². The Bertz CT molecular complexity index is 423. The molecule has 112 valence electrons. The largest absolute Gasteiger partial charge is 0.372 e. The van der Waals surface area contributed by atoms with Gasteiger partial charge in [0.2, 0.25) is 0 Å². The highest BCUT2D eigenvalue weighted by Crippen LogP contribution is 2.23. The van der Waals surface area contributed by atoms with Crippen LogP contribution in [0.25, 0.3) is 0 Å². The Kier molecular flexibility index (Phi) is 5.47. The Labute approximate surface area is 124 Å². The molecule has 1 aliphatic carbocycles. The van der Waals surface area contributed by atoms with Gasteiger partial charge in [0, 0.05) is 31.4 Å². The fourth-order valence-corrected chi connectivity index (χ4v) is 2.54. The highest BCUT2D eigenvalue weighted by atomic mass is 15.1. The highest BCUT2D eigenvalue weighted by molar-refractivity contribution is 5.50. The topological polar surface area (TPSA) is 15.3 Å². The van der Waals surface area contributed by atoms with Crippen molar-refractivity contribution in [1.29, 1.82) is 0 Å². The monoisotopic (exact) mass is 274 g/mol. The number of benzene rings is 1. The van der Waals surface area contributed by atoms with Gasteiger partial charge in [0.25, 0.3) is 0 Å². The van der Waals surface area contributed by atoms with Gasteiger partial charge in [-0.2, -0.15) is 0 Å². The third-order valence-electron chi connectivity index (χ3n) is 4.46. The maximum Gasteiger partial charge on any atom is 0.0369 e. The Balaban J connectivity index is 2.01. The SMILES string of the molecule is CCC(C)CN(CC)c1ccc(CNC2CC2)c(C)c1. The van der Waals surface area contributed by atoms with E-state index in [0.717, 1.165) is 31.6 Å². The molecule has 2 rings (SSSR count). The molecule has 0 aliphatic heterocycles. The van der Waals surface area contributed by atoms with Crippen LogP contribution in [0, 0.1) is 12.8 Å². The summed E-state index contributed by atoms with van der Waals surface area (Å²) in [7, 11) is 0. The van der Waals surface area contributed by atoms with Crippen molar-refractivity contribution in [2.24, 2.45) is 5.92 Å². The van der Waals surface area contributed by atoms with Crippen molar-refractivity contribution >= 4 is 5.69 Å². The lowest BCUT2D eigenvalue weighted by molar-refractivity contribution is 0.548. The zero-order chi connectivity index (χ0) is 14.5. The first-order chi connectivity index (χ1) is 9.63. The molecule has 2 nitrogen and oxygen atoms in total. The molecule has 1 aliphatic rings. The summed E-state index contributed by atoms with van der Waals surface area (Å²) < 4.78 is 0. The van der Waals surface area contributed by atoms with Gasteiger partial charge >= 0.3 is 0 Å². The van der Waals surface area contributed by atoms with E-state index in [-0.39, 0.29) is 0 Å². The van der Waals surface area contributed by atoms with Crippen molar-refractivity contribution in [3.63, 3.8) is 0 Å². The van der Waals surface area contributed by atoms with E-state index in [9.17, 15) is 0 Å².